The molecule has 1 unspecified atom stereocenters. The zero-order valence-electron chi connectivity index (χ0n) is 14.4. The fraction of sp³-hybridized carbons (Fsp3) is 0.500. The lowest BCUT2D eigenvalue weighted by Gasteiger charge is -2.17. The first kappa shape index (κ1) is 20.4. The Hall–Kier alpha value is -2.68. The molecule has 25 heavy (non-hydrogen) atoms. The predicted octanol–water partition coefficient (Wildman–Crippen LogP) is 1.32. The molecule has 0 aliphatic carbocycles. The number of aliphatic hydroxyl groups excluding tert-OH is 1. The summed E-state index contributed by atoms with van der Waals surface area (Å²) in [5.41, 5.74) is -0.0765. The molecule has 0 bridgehead atoms. The second-order valence-corrected chi connectivity index (χ2v) is 5.81. The Balaban J connectivity index is 2.82. The predicted molar refractivity (Wildman–Crippen MR) is 91.4 cm³/mol. The van der Waals surface area contributed by atoms with Crippen LogP contribution < -0.4 is 10.6 Å². The van der Waals surface area contributed by atoms with Crippen molar-refractivity contribution in [3.8, 4) is 0 Å². The van der Waals surface area contributed by atoms with Crippen molar-refractivity contribution >= 4 is 23.3 Å². The molecule has 3 N–H and O–H groups in total. The SMILES string of the molecule is CC(C)C(C)NC(=O)COC(=O)c1cc([N+](=O)[O-])ccc1NCCO. The van der Waals surface area contributed by atoms with E-state index >= 15 is 0 Å². The number of anilines is 1. The number of benzene rings is 1. The molecule has 1 aromatic carbocycles. The van der Waals surface area contributed by atoms with Gasteiger partial charge in [0.15, 0.2) is 6.61 Å². The van der Waals surface area contributed by atoms with Crippen molar-refractivity contribution in [2.75, 3.05) is 25.1 Å². The summed E-state index contributed by atoms with van der Waals surface area (Å²) in [5.74, 6) is -1.09. The standard InChI is InChI=1S/C16H23N3O6/c1-10(2)11(3)18-15(21)9-25-16(22)13-8-12(19(23)24)4-5-14(13)17-6-7-20/h4-5,8,10-11,17,20H,6-7,9H2,1-3H3,(H,18,21). The van der Waals surface area contributed by atoms with Crippen LogP contribution in [0.1, 0.15) is 31.1 Å². The Labute approximate surface area is 145 Å². The minimum atomic E-state index is -0.864. The number of rotatable bonds is 9. The Morgan fingerprint density at radius 3 is 2.56 bits per heavy atom. The van der Waals surface area contributed by atoms with Gasteiger partial charge < -0.3 is 20.5 Å². The van der Waals surface area contributed by atoms with E-state index in [0.29, 0.717) is 0 Å². The number of aliphatic hydroxyl groups is 1. The Bertz CT molecular complexity index is 632. The summed E-state index contributed by atoms with van der Waals surface area (Å²) >= 11 is 0. The molecule has 138 valence electrons. The molecule has 1 aromatic rings. The second kappa shape index (κ2) is 9.58. The van der Waals surface area contributed by atoms with Crippen molar-refractivity contribution < 1.29 is 24.4 Å². The third-order valence-electron chi connectivity index (χ3n) is 3.58. The number of nitrogens with zero attached hydrogens (tertiary/aromatic N) is 1. The number of nitro benzene ring substituents is 1. The first-order chi connectivity index (χ1) is 11.8. The molecule has 9 nitrogen and oxygen atoms in total. The summed E-state index contributed by atoms with van der Waals surface area (Å²) in [5, 5.41) is 25.2. The van der Waals surface area contributed by atoms with Crippen LogP contribution in [0.25, 0.3) is 0 Å². The van der Waals surface area contributed by atoms with Gasteiger partial charge in [0.2, 0.25) is 0 Å². The smallest absolute Gasteiger partial charge is 0.341 e. The minimum Gasteiger partial charge on any atom is -0.452 e. The van der Waals surface area contributed by atoms with Gasteiger partial charge in [0.05, 0.1) is 17.1 Å². The quantitative estimate of drug-likeness (QED) is 0.346. The summed E-state index contributed by atoms with van der Waals surface area (Å²) in [6, 6.07) is 3.57. The number of carbonyl (C=O) groups excluding carboxylic acids is 2. The summed E-state index contributed by atoms with van der Waals surface area (Å²) in [4.78, 5) is 34.2. The van der Waals surface area contributed by atoms with E-state index in [1.807, 2.05) is 20.8 Å². The number of hydrogen-bond acceptors (Lipinski definition) is 7. The van der Waals surface area contributed by atoms with E-state index in [2.05, 4.69) is 10.6 Å². The fourth-order valence-corrected chi connectivity index (χ4v) is 1.83. The summed E-state index contributed by atoms with van der Waals surface area (Å²) in [6.45, 7) is 5.21. The topological polar surface area (TPSA) is 131 Å². The second-order valence-electron chi connectivity index (χ2n) is 5.81. The lowest BCUT2D eigenvalue weighted by molar-refractivity contribution is -0.384. The zero-order chi connectivity index (χ0) is 19.0. The van der Waals surface area contributed by atoms with Crippen molar-refractivity contribution in [2.24, 2.45) is 5.92 Å². The van der Waals surface area contributed by atoms with Gasteiger partial charge in [0, 0.05) is 30.4 Å². The number of non-ortho nitro benzene ring substituents is 1. The highest BCUT2D eigenvalue weighted by Gasteiger charge is 2.19. The van der Waals surface area contributed by atoms with Crippen LogP contribution in [-0.4, -0.2) is 47.7 Å². The Kier molecular flexibility index (Phi) is 7.80. The third kappa shape index (κ3) is 6.38. The van der Waals surface area contributed by atoms with Crippen LogP contribution in [0.5, 0.6) is 0 Å². The molecule has 0 saturated carbocycles. The maximum atomic E-state index is 12.2. The van der Waals surface area contributed by atoms with E-state index in [1.165, 1.54) is 12.1 Å². The van der Waals surface area contributed by atoms with Crippen molar-refractivity contribution in [3.05, 3.63) is 33.9 Å². The molecule has 0 heterocycles. The van der Waals surface area contributed by atoms with Crippen LogP contribution in [0.3, 0.4) is 0 Å². The number of ether oxygens (including phenoxy) is 1. The van der Waals surface area contributed by atoms with Crippen LogP contribution in [0, 0.1) is 16.0 Å². The molecular weight excluding hydrogens is 330 g/mol. The number of nitro groups is 1. The zero-order valence-corrected chi connectivity index (χ0v) is 14.4. The minimum absolute atomic E-state index is 0.0765. The van der Waals surface area contributed by atoms with Crippen LogP contribution in [0.4, 0.5) is 11.4 Å². The maximum Gasteiger partial charge on any atom is 0.341 e. The molecule has 9 heteroatoms. The lowest BCUT2D eigenvalue weighted by Crippen LogP contribution is -2.38. The first-order valence-corrected chi connectivity index (χ1v) is 7.86. The van der Waals surface area contributed by atoms with E-state index in [-0.39, 0.29) is 42.0 Å². The van der Waals surface area contributed by atoms with Gasteiger partial charge in [-0.3, -0.25) is 14.9 Å². The molecule has 1 atom stereocenters. The van der Waals surface area contributed by atoms with Gasteiger partial charge in [0.1, 0.15) is 0 Å². The lowest BCUT2D eigenvalue weighted by atomic mass is 10.1. The van der Waals surface area contributed by atoms with Crippen LogP contribution in [-0.2, 0) is 9.53 Å². The molecule has 0 aliphatic heterocycles. The molecule has 0 fully saturated rings. The molecule has 1 rings (SSSR count). The van der Waals surface area contributed by atoms with E-state index in [9.17, 15) is 19.7 Å². The molecule has 1 amide bonds. The highest BCUT2D eigenvalue weighted by molar-refractivity contribution is 5.97. The maximum absolute atomic E-state index is 12.2. The van der Waals surface area contributed by atoms with Crippen molar-refractivity contribution in [1.29, 1.82) is 0 Å². The molecule has 0 aliphatic rings. The van der Waals surface area contributed by atoms with Crippen LogP contribution >= 0.6 is 0 Å². The molecular formula is C16H23N3O6. The highest BCUT2D eigenvalue weighted by atomic mass is 16.6. The number of hydrogen-bond donors (Lipinski definition) is 3. The Morgan fingerprint density at radius 2 is 2.00 bits per heavy atom. The average molecular weight is 353 g/mol. The Morgan fingerprint density at radius 1 is 1.32 bits per heavy atom. The van der Waals surface area contributed by atoms with Gasteiger partial charge in [-0.2, -0.15) is 0 Å². The molecule has 0 aromatic heterocycles. The van der Waals surface area contributed by atoms with E-state index in [1.54, 1.807) is 0 Å². The van der Waals surface area contributed by atoms with Crippen LogP contribution in [0.15, 0.2) is 18.2 Å². The van der Waals surface area contributed by atoms with Crippen molar-refractivity contribution in [1.82, 2.24) is 5.32 Å². The monoisotopic (exact) mass is 353 g/mol. The van der Waals surface area contributed by atoms with Gasteiger partial charge in [0.25, 0.3) is 11.6 Å². The normalized spacial score (nSPS) is 11.7. The van der Waals surface area contributed by atoms with E-state index in [4.69, 9.17) is 9.84 Å². The highest BCUT2D eigenvalue weighted by Crippen LogP contribution is 2.23. The van der Waals surface area contributed by atoms with Gasteiger partial charge in [-0.15, -0.1) is 0 Å². The van der Waals surface area contributed by atoms with E-state index in [0.717, 1.165) is 6.07 Å². The molecule has 0 spiro atoms. The van der Waals surface area contributed by atoms with Gasteiger partial charge >= 0.3 is 5.97 Å². The number of esters is 1. The third-order valence-corrected chi connectivity index (χ3v) is 3.58. The van der Waals surface area contributed by atoms with Crippen molar-refractivity contribution in [3.63, 3.8) is 0 Å². The van der Waals surface area contributed by atoms with E-state index < -0.39 is 23.4 Å². The summed E-state index contributed by atoms with van der Waals surface area (Å²) in [7, 11) is 0. The number of amides is 1. The largest absolute Gasteiger partial charge is 0.452 e. The summed E-state index contributed by atoms with van der Waals surface area (Å²) in [6.07, 6.45) is 0. The van der Waals surface area contributed by atoms with Crippen LogP contribution in [0.2, 0.25) is 0 Å². The first-order valence-electron chi connectivity index (χ1n) is 7.86. The average Bonchev–Trinajstić information content (AvgIpc) is 2.57. The van der Waals surface area contributed by atoms with Gasteiger partial charge in [-0.1, -0.05) is 13.8 Å². The van der Waals surface area contributed by atoms with Gasteiger partial charge in [-0.05, 0) is 18.9 Å². The molecule has 0 radical (unpaired) electrons. The number of nitrogens with one attached hydrogen (secondary N) is 2. The number of carbonyl (C=O) groups is 2. The van der Waals surface area contributed by atoms with Crippen molar-refractivity contribution in [2.45, 2.75) is 26.8 Å². The summed E-state index contributed by atoms with van der Waals surface area (Å²) < 4.78 is 4.95. The molecule has 0 saturated heterocycles. The van der Waals surface area contributed by atoms with Gasteiger partial charge in [-0.25, -0.2) is 4.79 Å². The fourth-order valence-electron chi connectivity index (χ4n) is 1.83.